The molecular weight excluding hydrogens is 304 g/mol. The fourth-order valence-corrected chi connectivity index (χ4v) is 2.69. The third-order valence-electron chi connectivity index (χ3n) is 3.87. The monoisotopic (exact) mass is 321 g/mol. The van der Waals surface area contributed by atoms with E-state index in [1.165, 1.54) is 0 Å². The lowest BCUT2D eigenvalue weighted by Gasteiger charge is -2.21. The zero-order valence-corrected chi connectivity index (χ0v) is 12.5. The highest BCUT2D eigenvalue weighted by Crippen LogP contribution is 2.13. The van der Waals surface area contributed by atoms with Crippen molar-refractivity contribution in [3.8, 4) is 0 Å². The summed E-state index contributed by atoms with van der Waals surface area (Å²) in [7, 11) is 0. The summed E-state index contributed by atoms with van der Waals surface area (Å²) in [5.74, 6) is -2.21. The number of halogens is 2. The summed E-state index contributed by atoms with van der Waals surface area (Å²) in [6, 6.07) is 2.59. The molecule has 5 nitrogen and oxygen atoms in total. The average molecular weight is 321 g/mol. The largest absolute Gasteiger partial charge is 0.472 e. The van der Waals surface area contributed by atoms with E-state index < -0.39 is 17.5 Å². The molecule has 0 radical (unpaired) electrons. The molecule has 1 aliphatic rings. The second-order valence-corrected chi connectivity index (χ2v) is 5.54. The van der Waals surface area contributed by atoms with E-state index in [2.05, 4.69) is 9.88 Å². The Labute approximate surface area is 132 Å². The van der Waals surface area contributed by atoms with Crippen LogP contribution in [0.3, 0.4) is 0 Å². The van der Waals surface area contributed by atoms with E-state index in [9.17, 15) is 13.6 Å². The average Bonchev–Trinajstić information content (AvgIpc) is 2.91. The second-order valence-electron chi connectivity index (χ2n) is 5.54. The van der Waals surface area contributed by atoms with Gasteiger partial charge in [0.15, 0.2) is 11.5 Å². The van der Waals surface area contributed by atoms with Crippen LogP contribution in [0.25, 0.3) is 0 Å². The van der Waals surface area contributed by atoms with Crippen molar-refractivity contribution in [1.29, 1.82) is 0 Å². The Kier molecular flexibility index (Phi) is 4.66. The zero-order chi connectivity index (χ0) is 16.2. The Morgan fingerprint density at radius 3 is 2.87 bits per heavy atom. The number of pyridine rings is 1. The predicted molar refractivity (Wildman–Crippen MR) is 78.7 cm³/mol. The minimum atomic E-state index is -0.922. The molecule has 1 saturated heterocycles. The van der Waals surface area contributed by atoms with Gasteiger partial charge in [0.05, 0.1) is 18.7 Å². The number of nitrogens with zero attached hydrogens (tertiary/aromatic N) is 3. The summed E-state index contributed by atoms with van der Waals surface area (Å²) in [5, 5.41) is 0. The van der Waals surface area contributed by atoms with Gasteiger partial charge in [-0.1, -0.05) is 0 Å². The molecule has 3 heterocycles. The molecule has 0 spiro atoms. The first-order valence-corrected chi connectivity index (χ1v) is 7.47. The van der Waals surface area contributed by atoms with Crippen LogP contribution >= 0.6 is 0 Å². The molecule has 7 heteroatoms. The molecule has 0 N–H and O–H groups in total. The number of aromatic nitrogens is 1. The fourth-order valence-electron chi connectivity index (χ4n) is 2.69. The van der Waals surface area contributed by atoms with E-state index >= 15 is 0 Å². The minimum Gasteiger partial charge on any atom is -0.472 e. The molecule has 0 aliphatic carbocycles. The topological polar surface area (TPSA) is 49.6 Å². The maximum atomic E-state index is 13.7. The molecule has 0 unspecified atom stereocenters. The zero-order valence-electron chi connectivity index (χ0n) is 12.5. The van der Waals surface area contributed by atoms with Gasteiger partial charge in [-0.25, -0.2) is 13.8 Å². The van der Waals surface area contributed by atoms with Crippen LogP contribution < -0.4 is 0 Å². The van der Waals surface area contributed by atoms with Crippen molar-refractivity contribution in [3.63, 3.8) is 0 Å². The van der Waals surface area contributed by atoms with Gasteiger partial charge in [-0.15, -0.1) is 0 Å². The van der Waals surface area contributed by atoms with Crippen molar-refractivity contribution < 1.29 is 18.0 Å². The molecule has 23 heavy (non-hydrogen) atoms. The van der Waals surface area contributed by atoms with Gasteiger partial charge < -0.3 is 9.32 Å². The van der Waals surface area contributed by atoms with E-state index in [-0.39, 0.29) is 5.69 Å². The van der Waals surface area contributed by atoms with E-state index in [1.807, 2.05) is 6.07 Å². The number of carbonyl (C=O) groups is 1. The molecular formula is C16H17F2N3O2. The first kappa shape index (κ1) is 15.6. The Hall–Kier alpha value is -2.28. The van der Waals surface area contributed by atoms with E-state index in [0.717, 1.165) is 31.3 Å². The summed E-state index contributed by atoms with van der Waals surface area (Å²) < 4.78 is 31.7. The van der Waals surface area contributed by atoms with Gasteiger partial charge in [0, 0.05) is 44.4 Å². The number of rotatable bonds is 3. The first-order valence-electron chi connectivity index (χ1n) is 7.47. The van der Waals surface area contributed by atoms with E-state index in [1.54, 1.807) is 17.4 Å². The summed E-state index contributed by atoms with van der Waals surface area (Å²) in [6.45, 7) is 3.28. The molecule has 1 amide bonds. The van der Waals surface area contributed by atoms with Crippen molar-refractivity contribution in [3.05, 3.63) is 53.7 Å². The lowest BCUT2D eigenvalue weighted by atomic mass is 10.3. The molecule has 0 saturated carbocycles. The number of amides is 1. The Balaban J connectivity index is 1.64. The van der Waals surface area contributed by atoms with Crippen molar-refractivity contribution in [1.82, 2.24) is 14.8 Å². The molecule has 0 aromatic carbocycles. The Bertz CT molecular complexity index is 676. The summed E-state index contributed by atoms with van der Waals surface area (Å²) >= 11 is 0. The van der Waals surface area contributed by atoms with Crippen LogP contribution in [-0.4, -0.2) is 46.9 Å². The van der Waals surface area contributed by atoms with Crippen LogP contribution in [0.1, 0.15) is 22.5 Å². The van der Waals surface area contributed by atoms with Gasteiger partial charge in [0.25, 0.3) is 5.91 Å². The quantitative estimate of drug-likeness (QED) is 0.870. The molecule has 1 aliphatic heterocycles. The first-order chi connectivity index (χ1) is 11.1. The van der Waals surface area contributed by atoms with Crippen LogP contribution in [0.15, 0.2) is 35.3 Å². The van der Waals surface area contributed by atoms with Crippen LogP contribution in [0.4, 0.5) is 8.78 Å². The molecule has 0 atom stereocenters. The van der Waals surface area contributed by atoms with Crippen molar-refractivity contribution in [2.45, 2.75) is 13.0 Å². The maximum absolute atomic E-state index is 13.7. The summed E-state index contributed by atoms with van der Waals surface area (Å²) in [4.78, 5) is 19.8. The lowest BCUT2D eigenvalue weighted by Crippen LogP contribution is -2.36. The highest BCUT2D eigenvalue weighted by Gasteiger charge is 2.24. The number of carbonyl (C=O) groups excluding carboxylic acids is 1. The highest BCUT2D eigenvalue weighted by molar-refractivity contribution is 5.92. The van der Waals surface area contributed by atoms with Crippen molar-refractivity contribution in [2.75, 3.05) is 26.2 Å². The number of hydrogen-bond acceptors (Lipinski definition) is 4. The van der Waals surface area contributed by atoms with Crippen molar-refractivity contribution >= 4 is 5.91 Å². The molecule has 3 rings (SSSR count). The number of hydrogen-bond donors (Lipinski definition) is 0. The van der Waals surface area contributed by atoms with Crippen molar-refractivity contribution in [2.24, 2.45) is 0 Å². The van der Waals surface area contributed by atoms with Crippen LogP contribution in [0, 0.1) is 11.6 Å². The van der Waals surface area contributed by atoms with Gasteiger partial charge in [0.1, 0.15) is 5.82 Å². The van der Waals surface area contributed by atoms with Crippen LogP contribution in [-0.2, 0) is 6.54 Å². The second kappa shape index (κ2) is 6.87. The Morgan fingerprint density at radius 1 is 1.26 bits per heavy atom. The summed E-state index contributed by atoms with van der Waals surface area (Å²) in [5.41, 5.74) is 0.755. The lowest BCUT2D eigenvalue weighted by molar-refractivity contribution is 0.0750. The molecule has 2 aromatic heterocycles. The van der Waals surface area contributed by atoms with E-state index in [0.29, 0.717) is 25.7 Å². The predicted octanol–water partition coefficient (Wildman–Crippen LogP) is 2.30. The minimum absolute atomic E-state index is 0.324. The van der Waals surface area contributed by atoms with Crippen LogP contribution in [0.2, 0.25) is 0 Å². The third kappa shape index (κ3) is 3.73. The third-order valence-corrected chi connectivity index (χ3v) is 3.87. The molecule has 0 bridgehead atoms. The maximum Gasteiger partial charge on any atom is 0.275 e. The normalized spacial score (nSPS) is 16.3. The van der Waals surface area contributed by atoms with Crippen LogP contribution in [0.5, 0.6) is 0 Å². The summed E-state index contributed by atoms with van der Waals surface area (Å²) in [6.07, 6.45) is 4.98. The van der Waals surface area contributed by atoms with E-state index in [4.69, 9.17) is 4.42 Å². The highest BCUT2D eigenvalue weighted by atomic mass is 19.1. The van der Waals surface area contributed by atoms with Gasteiger partial charge in [-0.3, -0.25) is 9.69 Å². The Morgan fingerprint density at radius 2 is 2.13 bits per heavy atom. The van der Waals surface area contributed by atoms with Gasteiger partial charge in [-0.05, 0) is 12.5 Å². The van der Waals surface area contributed by atoms with Gasteiger partial charge in [-0.2, -0.15) is 0 Å². The molecule has 2 aromatic rings. The SMILES string of the molecule is O=C(c1ncc(F)cc1F)N1CCCN(Cc2ccoc2)CC1. The fraction of sp³-hybridized carbons (Fsp3) is 0.375. The number of furan rings is 1. The van der Waals surface area contributed by atoms with Gasteiger partial charge in [0.2, 0.25) is 0 Å². The molecule has 122 valence electrons. The molecule has 1 fully saturated rings. The van der Waals surface area contributed by atoms with Gasteiger partial charge >= 0.3 is 0 Å². The smallest absolute Gasteiger partial charge is 0.275 e. The standard InChI is InChI=1S/C16H17F2N3O2/c17-13-8-14(18)15(19-9-13)16(22)21-4-1-3-20(5-6-21)10-12-2-7-23-11-12/h2,7-9,11H,1,3-6,10H2.